The largest absolute Gasteiger partial charge is 0.0961 e. The first-order valence-electron chi connectivity index (χ1n) is 19.3. The van der Waals surface area contributed by atoms with Crippen LogP contribution in [0, 0.1) is 6.92 Å². The zero-order valence-corrected chi connectivity index (χ0v) is 32.3. The lowest BCUT2D eigenvalue weighted by Gasteiger charge is -2.17. The summed E-state index contributed by atoms with van der Waals surface area (Å²) in [4.78, 5) is 0. The van der Waals surface area contributed by atoms with E-state index in [0.29, 0.717) is 0 Å². The molecule has 0 spiro atoms. The van der Waals surface area contributed by atoms with Crippen LogP contribution in [0.15, 0.2) is 194 Å². The molecule has 0 amide bonds. The van der Waals surface area contributed by atoms with Crippen LogP contribution < -0.4 is 0 Å². The molecule has 0 aliphatic carbocycles. The number of allylic oxidation sites excluding steroid dienone is 5. The van der Waals surface area contributed by atoms with Crippen LogP contribution >= 0.6 is 0 Å². The van der Waals surface area contributed by atoms with Gasteiger partial charge in [0.25, 0.3) is 0 Å². The lowest BCUT2D eigenvalue weighted by molar-refractivity contribution is 1.13. The summed E-state index contributed by atoms with van der Waals surface area (Å²) in [6.07, 6.45) is 7.26. The summed E-state index contributed by atoms with van der Waals surface area (Å²) in [5.74, 6) is 0. The highest BCUT2D eigenvalue weighted by Gasteiger charge is 2.15. The quantitative estimate of drug-likeness (QED) is 0.131. The predicted molar refractivity (Wildman–Crippen MR) is 242 cm³/mol. The molecule has 0 aliphatic rings. The van der Waals surface area contributed by atoms with Crippen LogP contribution in [-0.4, -0.2) is 0 Å². The molecule has 0 aliphatic heterocycles. The maximum absolute atomic E-state index is 4.28. The molecule has 8 rings (SSSR count). The van der Waals surface area contributed by atoms with Crippen LogP contribution in [-0.2, 0) is 6.42 Å². The zero-order valence-electron chi connectivity index (χ0n) is 32.3. The molecule has 0 nitrogen and oxygen atoms in total. The molecule has 0 bridgehead atoms. The Morgan fingerprint density at radius 1 is 0.491 bits per heavy atom. The highest BCUT2D eigenvalue weighted by Crippen LogP contribution is 2.42. The van der Waals surface area contributed by atoms with Gasteiger partial charge in [0.05, 0.1) is 0 Å². The smallest absolute Gasteiger partial charge is 0.00987 e. The van der Waals surface area contributed by atoms with E-state index in [1.54, 1.807) is 0 Å². The minimum atomic E-state index is 0.945. The average molecular weight is 707 g/mol. The van der Waals surface area contributed by atoms with E-state index in [0.717, 1.165) is 23.1 Å². The molecule has 55 heavy (non-hydrogen) atoms. The Labute approximate surface area is 326 Å². The van der Waals surface area contributed by atoms with Gasteiger partial charge in [-0.05, 0) is 138 Å². The minimum Gasteiger partial charge on any atom is -0.0961 e. The number of fused-ring (bicyclic) bond motifs is 3. The molecular formula is C55H46. The summed E-state index contributed by atoms with van der Waals surface area (Å²) in [5.41, 5.74) is 17.0. The van der Waals surface area contributed by atoms with Crippen molar-refractivity contribution in [2.75, 3.05) is 0 Å². The Balaban J connectivity index is 1.17. The fourth-order valence-corrected chi connectivity index (χ4v) is 7.83. The Morgan fingerprint density at radius 2 is 0.964 bits per heavy atom. The lowest BCUT2D eigenvalue weighted by atomic mass is 9.87. The normalized spacial score (nSPS) is 11.9. The SMILES string of the molecule is C=C(C)/C=C\C(=C)/C(C)=C/c1ccc(-c2ccc(-c3ccc(-c4ccc5cc(-c6ccc(C)cc6)ccc5c4)c4ccccc34)c3ccccc23)cc1CC. The first kappa shape index (κ1) is 35.5. The van der Waals surface area contributed by atoms with E-state index in [1.165, 1.54) is 93.5 Å². The van der Waals surface area contributed by atoms with Crippen LogP contribution in [0.1, 0.15) is 37.5 Å². The van der Waals surface area contributed by atoms with Crippen molar-refractivity contribution < 1.29 is 0 Å². The minimum absolute atomic E-state index is 0.945. The van der Waals surface area contributed by atoms with Gasteiger partial charge in [0.1, 0.15) is 0 Å². The van der Waals surface area contributed by atoms with E-state index in [9.17, 15) is 0 Å². The highest BCUT2D eigenvalue weighted by atomic mass is 14.2. The zero-order chi connectivity index (χ0) is 38.1. The third-order valence-corrected chi connectivity index (χ3v) is 11.0. The molecule has 266 valence electrons. The summed E-state index contributed by atoms with van der Waals surface area (Å²) in [6.45, 7) is 16.8. The molecular weight excluding hydrogens is 661 g/mol. The van der Waals surface area contributed by atoms with Gasteiger partial charge in [-0.15, -0.1) is 0 Å². The van der Waals surface area contributed by atoms with Crippen molar-refractivity contribution in [2.45, 2.75) is 34.1 Å². The molecule has 0 saturated heterocycles. The molecule has 0 fully saturated rings. The fraction of sp³-hybridized carbons (Fsp3) is 0.0909. The second-order valence-corrected chi connectivity index (χ2v) is 14.9. The first-order chi connectivity index (χ1) is 26.8. The first-order valence-corrected chi connectivity index (χ1v) is 19.3. The maximum atomic E-state index is 4.28. The monoisotopic (exact) mass is 706 g/mol. The van der Waals surface area contributed by atoms with Gasteiger partial charge in [-0.1, -0.05) is 189 Å². The fourth-order valence-electron chi connectivity index (χ4n) is 7.83. The van der Waals surface area contributed by atoms with E-state index < -0.39 is 0 Å². The number of rotatable bonds is 9. The van der Waals surface area contributed by atoms with Crippen molar-refractivity contribution in [2.24, 2.45) is 0 Å². The third-order valence-electron chi connectivity index (χ3n) is 11.0. The molecule has 8 aromatic rings. The Morgan fingerprint density at radius 3 is 1.53 bits per heavy atom. The molecule has 0 unspecified atom stereocenters. The Bertz CT molecular complexity index is 2840. The van der Waals surface area contributed by atoms with E-state index in [4.69, 9.17) is 0 Å². The number of hydrogen-bond donors (Lipinski definition) is 0. The summed E-state index contributed by atoms with van der Waals surface area (Å²) < 4.78 is 0. The van der Waals surface area contributed by atoms with Gasteiger partial charge in [-0.3, -0.25) is 0 Å². The number of hydrogen-bond acceptors (Lipinski definition) is 0. The van der Waals surface area contributed by atoms with Crippen LogP contribution in [0.3, 0.4) is 0 Å². The van der Waals surface area contributed by atoms with Gasteiger partial charge in [-0.25, -0.2) is 0 Å². The standard InChI is InChI=1S/C55H46/c1-7-40-33-46(26-24-42(40)32-39(6)38(5)19-16-36(2)3)48-28-30-54(52-14-10-8-12-50(48)52)55-31-29-49(51-13-9-11-15-53(51)55)47-27-25-44-34-43(22-23-45(44)35-47)41-20-17-37(4)18-21-41/h8-35H,2,5,7H2,1,3-4,6H3/b19-16-,39-32+. The molecule has 0 saturated carbocycles. The van der Waals surface area contributed by atoms with Gasteiger partial charge in [0.2, 0.25) is 0 Å². The summed E-state index contributed by atoms with van der Waals surface area (Å²) in [5, 5.41) is 7.52. The maximum Gasteiger partial charge on any atom is -0.00987 e. The van der Waals surface area contributed by atoms with Crippen LogP contribution in [0.25, 0.3) is 82.9 Å². The molecule has 0 radical (unpaired) electrons. The van der Waals surface area contributed by atoms with Crippen molar-refractivity contribution in [3.63, 3.8) is 0 Å². The number of aryl methyl sites for hydroxylation is 2. The summed E-state index contributed by atoms with van der Waals surface area (Å²) in [7, 11) is 0. The van der Waals surface area contributed by atoms with E-state index in [-0.39, 0.29) is 0 Å². The van der Waals surface area contributed by atoms with Gasteiger partial charge in [-0.2, -0.15) is 0 Å². The molecule has 8 aromatic carbocycles. The van der Waals surface area contributed by atoms with E-state index in [1.807, 2.05) is 19.1 Å². The Hall–Kier alpha value is -6.50. The van der Waals surface area contributed by atoms with Crippen LogP contribution in [0.5, 0.6) is 0 Å². The van der Waals surface area contributed by atoms with Crippen molar-refractivity contribution >= 4 is 38.4 Å². The topological polar surface area (TPSA) is 0 Å². The number of benzene rings is 8. The van der Waals surface area contributed by atoms with Crippen molar-refractivity contribution in [3.8, 4) is 44.5 Å². The van der Waals surface area contributed by atoms with Crippen LogP contribution in [0.2, 0.25) is 0 Å². The van der Waals surface area contributed by atoms with Gasteiger partial charge < -0.3 is 0 Å². The second-order valence-electron chi connectivity index (χ2n) is 14.9. The Kier molecular flexibility index (Phi) is 9.75. The molecule has 0 atom stereocenters. The van der Waals surface area contributed by atoms with Crippen LogP contribution in [0.4, 0.5) is 0 Å². The molecule has 0 heterocycles. The predicted octanol–water partition coefficient (Wildman–Crippen LogP) is 15.8. The van der Waals surface area contributed by atoms with Gasteiger partial charge >= 0.3 is 0 Å². The molecule has 0 aromatic heterocycles. The van der Waals surface area contributed by atoms with Gasteiger partial charge in [0.15, 0.2) is 0 Å². The highest BCUT2D eigenvalue weighted by molar-refractivity contribution is 6.12. The molecule has 0 N–H and O–H groups in total. The van der Waals surface area contributed by atoms with Crippen molar-refractivity contribution in [1.29, 1.82) is 0 Å². The summed E-state index contributed by atoms with van der Waals surface area (Å²) in [6, 6.07) is 56.3. The lowest BCUT2D eigenvalue weighted by Crippen LogP contribution is -1.92. The van der Waals surface area contributed by atoms with E-state index >= 15 is 0 Å². The second kappa shape index (κ2) is 15.1. The van der Waals surface area contributed by atoms with E-state index in [2.05, 4.69) is 192 Å². The summed E-state index contributed by atoms with van der Waals surface area (Å²) >= 11 is 0. The third kappa shape index (κ3) is 7.12. The van der Waals surface area contributed by atoms with Gasteiger partial charge in [0, 0.05) is 0 Å². The van der Waals surface area contributed by atoms with Crippen molar-refractivity contribution in [1.82, 2.24) is 0 Å². The van der Waals surface area contributed by atoms with Crippen molar-refractivity contribution in [3.05, 3.63) is 210 Å². The molecule has 0 heteroatoms. The average Bonchev–Trinajstić information content (AvgIpc) is 3.22.